The summed E-state index contributed by atoms with van der Waals surface area (Å²) in [6.07, 6.45) is 3.05. The average Bonchev–Trinajstić information content (AvgIpc) is 3.25. The van der Waals surface area contributed by atoms with E-state index >= 15 is 0 Å². The molecule has 0 saturated heterocycles. The Labute approximate surface area is 187 Å². The molecule has 1 atom stereocenters. The lowest BCUT2D eigenvalue weighted by Crippen LogP contribution is -2.45. The summed E-state index contributed by atoms with van der Waals surface area (Å²) in [4.78, 5) is 34.3. The molecule has 0 saturated carbocycles. The van der Waals surface area contributed by atoms with Crippen LogP contribution in [0.4, 0.5) is 5.82 Å². The summed E-state index contributed by atoms with van der Waals surface area (Å²) < 4.78 is 2.46. The summed E-state index contributed by atoms with van der Waals surface area (Å²) in [5.74, 6) is 1.25. The van der Waals surface area contributed by atoms with Crippen molar-refractivity contribution >= 4 is 50.5 Å². The van der Waals surface area contributed by atoms with Gasteiger partial charge in [-0.05, 0) is 32.4 Å². The van der Waals surface area contributed by atoms with E-state index < -0.39 is 0 Å². The van der Waals surface area contributed by atoms with Crippen molar-refractivity contribution in [3.63, 3.8) is 0 Å². The number of fused-ring (bicyclic) bond motifs is 2. The topological polar surface area (TPSA) is 105 Å². The van der Waals surface area contributed by atoms with E-state index in [-0.39, 0.29) is 11.6 Å². The molecule has 0 aliphatic rings. The highest BCUT2D eigenvalue weighted by molar-refractivity contribution is 14.1. The van der Waals surface area contributed by atoms with Gasteiger partial charge in [-0.1, -0.05) is 34.7 Å². The third-order valence-corrected chi connectivity index (χ3v) is 5.93. The van der Waals surface area contributed by atoms with Crippen LogP contribution in [0.25, 0.3) is 22.1 Å². The lowest BCUT2D eigenvalue weighted by atomic mass is 10.1. The molecule has 0 aliphatic carbocycles. The summed E-state index contributed by atoms with van der Waals surface area (Å²) >= 11 is 2.28. The van der Waals surface area contributed by atoms with Gasteiger partial charge in [-0.2, -0.15) is 0 Å². The Morgan fingerprint density at radius 1 is 1.23 bits per heavy atom. The van der Waals surface area contributed by atoms with Gasteiger partial charge >= 0.3 is 0 Å². The van der Waals surface area contributed by atoms with Gasteiger partial charge in [0.1, 0.15) is 11.8 Å². The Morgan fingerprint density at radius 3 is 2.77 bits per heavy atom. The lowest BCUT2D eigenvalue weighted by molar-refractivity contribution is 0.547. The van der Waals surface area contributed by atoms with Crippen molar-refractivity contribution in [3.05, 3.63) is 52.6 Å². The molecule has 2 N–H and O–H groups in total. The SMILES string of the molecule is CCN(CC)n1c(C(C)Nc2ncnc3nc[nH]c23)nc2cccc(CI)c2c1=O. The van der Waals surface area contributed by atoms with Crippen LogP contribution in [-0.4, -0.2) is 42.7 Å². The largest absolute Gasteiger partial charge is 0.358 e. The zero-order valence-electron chi connectivity index (χ0n) is 17.1. The quantitative estimate of drug-likeness (QED) is 0.286. The van der Waals surface area contributed by atoms with Gasteiger partial charge < -0.3 is 15.3 Å². The lowest BCUT2D eigenvalue weighted by Gasteiger charge is -2.29. The van der Waals surface area contributed by atoms with E-state index in [1.54, 1.807) is 11.0 Å². The number of benzene rings is 1. The highest BCUT2D eigenvalue weighted by Crippen LogP contribution is 2.23. The number of aromatic amines is 1. The second-order valence-electron chi connectivity index (χ2n) is 6.86. The summed E-state index contributed by atoms with van der Waals surface area (Å²) in [5, 5.41) is 6.05. The second kappa shape index (κ2) is 8.54. The number of H-pyrrole nitrogens is 1. The van der Waals surface area contributed by atoms with Crippen LogP contribution in [0.5, 0.6) is 0 Å². The number of nitrogens with zero attached hydrogens (tertiary/aromatic N) is 6. The van der Waals surface area contributed by atoms with E-state index in [1.807, 2.05) is 44.0 Å². The van der Waals surface area contributed by atoms with Crippen LogP contribution in [0.2, 0.25) is 0 Å². The van der Waals surface area contributed by atoms with E-state index in [2.05, 4.69) is 47.8 Å². The third kappa shape index (κ3) is 3.48. The molecule has 0 amide bonds. The normalized spacial score (nSPS) is 12.4. The van der Waals surface area contributed by atoms with Crippen LogP contribution >= 0.6 is 22.6 Å². The van der Waals surface area contributed by atoms with Crippen LogP contribution in [0, 0.1) is 0 Å². The number of hydrogen-bond donors (Lipinski definition) is 2. The Hall–Kier alpha value is -2.76. The first-order valence-corrected chi connectivity index (χ1v) is 11.4. The first-order chi connectivity index (χ1) is 14.6. The monoisotopic (exact) mass is 518 g/mol. The summed E-state index contributed by atoms with van der Waals surface area (Å²) in [7, 11) is 0. The van der Waals surface area contributed by atoms with Gasteiger partial charge in [-0.3, -0.25) is 4.79 Å². The van der Waals surface area contributed by atoms with E-state index in [0.29, 0.717) is 46.8 Å². The molecule has 0 radical (unpaired) electrons. The van der Waals surface area contributed by atoms with Crippen molar-refractivity contribution in [2.75, 3.05) is 23.4 Å². The zero-order chi connectivity index (χ0) is 21.3. The van der Waals surface area contributed by atoms with E-state index in [1.165, 1.54) is 6.33 Å². The van der Waals surface area contributed by atoms with Crippen LogP contribution in [0.3, 0.4) is 0 Å². The fraction of sp³-hybridized carbons (Fsp3) is 0.350. The number of aromatic nitrogens is 6. The minimum atomic E-state index is -0.285. The molecule has 4 aromatic rings. The molecular weight excluding hydrogens is 495 g/mol. The Balaban J connectivity index is 1.89. The fourth-order valence-electron chi connectivity index (χ4n) is 3.62. The standard InChI is InChI=1S/C20H23IN8O/c1-4-28(5-2)29-19(27-14-8-6-7-13(9-21)15(14)20(29)30)12(3)26-18-16-17(23-10-22-16)24-11-25-18/h6-8,10-12H,4-5,9H2,1-3H3,(H2,22,23,24,25,26). The first kappa shape index (κ1) is 20.5. The molecule has 3 heterocycles. The molecule has 0 bridgehead atoms. The molecule has 0 aliphatic heterocycles. The van der Waals surface area contributed by atoms with Crippen molar-refractivity contribution in [1.29, 1.82) is 0 Å². The molecule has 1 aromatic carbocycles. The minimum Gasteiger partial charge on any atom is -0.358 e. The highest BCUT2D eigenvalue weighted by Gasteiger charge is 2.22. The number of alkyl halides is 1. The van der Waals surface area contributed by atoms with Crippen molar-refractivity contribution in [3.8, 4) is 0 Å². The van der Waals surface area contributed by atoms with Gasteiger partial charge in [0.2, 0.25) is 0 Å². The van der Waals surface area contributed by atoms with Gasteiger partial charge in [-0.25, -0.2) is 24.6 Å². The fourth-order valence-corrected chi connectivity index (χ4v) is 4.26. The van der Waals surface area contributed by atoms with Crippen LogP contribution < -0.4 is 15.9 Å². The van der Waals surface area contributed by atoms with Crippen molar-refractivity contribution in [2.24, 2.45) is 0 Å². The first-order valence-electron chi connectivity index (χ1n) is 9.85. The molecule has 4 rings (SSSR count). The maximum Gasteiger partial charge on any atom is 0.280 e. The third-order valence-electron chi connectivity index (χ3n) is 5.11. The smallest absolute Gasteiger partial charge is 0.280 e. The number of halogens is 1. The Kier molecular flexibility index (Phi) is 5.84. The van der Waals surface area contributed by atoms with Crippen molar-refractivity contribution < 1.29 is 0 Å². The molecule has 3 aromatic heterocycles. The number of anilines is 1. The molecule has 156 valence electrons. The molecule has 9 nitrogen and oxygen atoms in total. The molecule has 0 spiro atoms. The second-order valence-corrected chi connectivity index (χ2v) is 7.62. The van der Waals surface area contributed by atoms with E-state index in [9.17, 15) is 4.79 Å². The van der Waals surface area contributed by atoms with Gasteiger partial charge in [0.25, 0.3) is 5.56 Å². The average molecular weight is 518 g/mol. The van der Waals surface area contributed by atoms with E-state index in [4.69, 9.17) is 4.98 Å². The zero-order valence-corrected chi connectivity index (χ0v) is 19.2. The predicted molar refractivity (Wildman–Crippen MR) is 127 cm³/mol. The number of imidazole rings is 1. The van der Waals surface area contributed by atoms with Crippen LogP contribution in [-0.2, 0) is 4.43 Å². The van der Waals surface area contributed by atoms with Gasteiger partial charge in [0.05, 0.1) is 23.3 Å². The Bertz CT molecular complexity index is 1250. The number of hydrogen-bond acceptors (Lipinski definition) is 7. The number of nitrogens with one attached hydrogen (secondary N) is 2. The molecular formula is C20H23IN8O. The van der Waals surface area contributed by atoms with Crippen molar-refractivity contribution in [2.45, 2.75) is 31.2 Å². The molecule has 0 fully saturated rings. The van der Waals surface area contributed by atoms with E-state index in [0.717, 1.165) is 9.99 Å². The summed E-state index contributed by atoms with van der Waals surface area (Å²) in [6, 6.07) is 5.55. The Morgan fingerprint density at radius 2 is 2.03 bits per heavy atom. The molecule has 1 unspecified atom stereocenters. The highest BCUT2D eigenvalue weighted by atomic mass is 127. The molecule has 10 heteroatoms. The van der Waals surface area contributed by atoms with Gasteiger partial charge in [-0.15, -0.1) is 0 Å². The van der Waals surface area contributed by atoms with Crippen molar-refractivity contribution in [1.82, 2.24) is 29.6 Å². The summed E-state index contributed by atoms with van der Waals surface area (Å²) in [5.41, 5.74) is 2.95. The number of rotatable bonds is 7. The van der Waals surface area contributed by atoms with Crippen LogP contribution in [0.1, 0.15) is 38.2 Å². The summed E-state index contributed by atoms with van der Waals surface area (Å²) in [6.45, 7) is 7.41. The maximum atomic E-state index is 13.6. The van der Waals surface area contributed by atoms with Crippen LogP contribution in [0.15, 0.2) is 35.6 Å². The predicted octanol–water partition coefficient (Wildman–Crippen LogP) is 3.15. The van der Waals surface area contributed by atoms with Gasteiger partial charge in [0, 0.05) is 17.5 Å². The minimum absolute atomic E-state index is 0.0472. The maximum absolute atomic E-state index is 13.6. The molecule has 30 heavy (non-hydrogen) atoms. The van der Waals surface area contributed by atoms with Gasteiger partial charge in [0.15, 0.2) is 17.3 Å².